The van der Waals surface area contributed by atoms with E-state index in [2.05, 4.69) is 15.9 Å². The second-order valence-corrected chi connectivity index (χ2v) is 5.92. The molecule has 1 aromatic carbocycles. The Morgan fingerprint density at radius 3 is 2.69 bits per heavy atom. The zero-order valence-corrected chi connectivity index (χ0v) is 11.9. The van der Waals surface area contributed by atoms with Crippen LogP contribution in [0, 0.1) is 6.92 Å². The van der Waals surface area contributed by atoms with E-state index in [-0.39, 0.29) is 6.04 Å². The molecule has 0 spiro atoms. The summed E-state index contributed by atoms with van der Waals surface area (Å²) in [7, 11) is 0. The fraction of sp³-hybridized carbons (Fsp3) is 0.167. The first-order valence-electron chi connectivity index (χ1n) is 4.83. The normalized spacial score (nSPS) is 12.8. The molecule has 1 atom stereocenters. The maximum atomic E-state index is 6.18. The third-order valence-electron chi connectivity index (χ3n) is 2.45. The molecule has 0 aliphatic carbocycles. The van der Waals surface area contributed by atoms with E-state index in [1.54, 1.807) is 11.3 Å². The molecule has 0 aliphatic heterocycles. The van der Waals surface area contributed by atoms with E-state index in [0.717, 1.165) is 25.5 Å². The van der Waals surface area contributed by atoms with Gasteiger partial charge in [-0.2, -0.15) is 0 Å². The second kappa shape index (κ2) is 4.88. The van der Waals surface area contributed by atoms with Crippen LogP contribution in [0.1, 0.15) is 22.0 Å². The maximum Gasteiger partial charge on any atom is 0.0646 e. The summed E-state index contributed by atoms with van der Waals surface area (Å²) in [6.45, 7) is 1.99. The van der Waals surface area contributed by atoms with Gasteiger partial charge in [0.15, 0.2) is 0 Å². The molecule has 1 unspecified atom stereocenters. The molecule has 0 aliphatic rings. The van der Waals surface area contributed by atoms with E-state index in [1.165, 1.54) is 0 Å². The van der Waals surface area contributed by atoms with Gasteiger partial charge in [-0.25, -0.2) is 0 Å². The number of aryl methyl sites for hydroxylation is 1. The van der Waals surface area contributed by atoms with E-state index in [1.807, 2.05) is 36.6 Å². The molecule has 0 radical (unpaired) electrons. The Hall–Kier alpha value is -0.350. The van der Waals surface area contributed by atoms with Crippen molar-refractivity contribution >= 4 is 38.9 Å². The lowest BCUT2D eigenvalue weighted by molar-refractivity contribution is 0.892. The zero-order valence-electron chi connectivity index (χ0n) is 8.71. The highest BCUT2D eigenvalue weighted by molar-refractivity contribution is 9.10. The van der Waals surface area contributed by atoms with Crippen LogP contribution < -0.4 is 5.73 Å². The Kier molecular flexibility index (Phi) is 3.70. The van der Waals surface area contributed by atoms with Gasteiger partial charge in [0.1, 0.15) is 0 Å². The molecule has 1 nitrogen and oxygen atoms in total. The van der Waals surface area contributed by atoms with Crippen LogP contribution in [0.4, 0.5) is 0 Å². The van der Waals surface area contributed by atoms with Crippen LogP contribution in [0.15, 0.2) is 34.1 Å². The molecule has 2 rings (SSSR count). The SMILES string of the molecule is Cc1ccc(C(N)c2cc(Br)cs2)cc1Cl. The summed E-state index contributed by atoms with van der Waals surface area (Å²) in [5, 5.41) is 2.80. The lowest BCUT2D eigenvalue weighted by atomic mass is 10.0. The predicted octanol–water partition coefficient (Wildman–Crippen LogP) is 4.52. The largest absolute Gasteiger partial charge is 0.320 e. The molecule has 2 aromatic rings. The van der Waals surface area contributed by atoms with Crippen molar-refractivity contribution in [3.63, 3.8) is 0 Å². The first-order valence-corrected chi connectivity index (χ1v) is 6.88. The van der Waals surface area contributed by atoms with Crippen molar-refractivity contribution in [3.8, 4) is 0 Å². The lowest BCUT2D eigenvalue weighted by Gasteiger charge is -2.11. The molecule has 1 aromatic heterocycles. The Bertz CT molecular complexity index is 509. The summed E-state index contributed by atoms with van der Waals surface area (Å²) in [5.74, 6) is 0. The van der Waals surface area contributed by atoms with E-state index < -0.39 is 0 Å². The minimum Gasteiger partial charge on any atom is -0.320 e. The van der Waals surface area contributed by atoms with Crippen LogP contribution in [-0.2, 0) is 0 Å². The average Bonchev–Trinajstić information content (AvgIpc) is 2.68. The lowest BCUT2D eigenvalue weighted by Crippen LogP contribution is -2.10. The van der Waals surface area contributed by atoms with Gasteiger partial charge in [0.2, 0.25) is 0 Å². The van der Waals surface area contributed by atoms with Crippen LogP contribution >= 0.6 is 38.9 Å². The number of rotatable bonds is 2. The number of hydrogen-bond acceptors (Lipinski definition) is 2. The summed E-state index contributed by atoms with van der Waals surface area (Å²) in [6, 6.07) is 7.91. The average molecular weight is 317 g/mol. The number of halogens is 2. The van der Waals surface area contributed by atoms with Gasteiger partial charge in [0.25, 0.3) is 0 Å². The summed E-state index contributed by atoms with van der Waals surface area (Å²) in [4.78, 5) is 1.13. The number of nitrogens with two attached hydrogens (primary N) is 1. The Labute approximate surface area is 112 Å². The van der Waals surface area contributed by atoms with Crippen LogP contribution in [0.25, 0.3) is 0 Å². The molecule has 0 fully saturated rings. The molecular weight excluding hydrogens is 306 g/mol. The fourth-order valence-electron chi connectivity index (χ4n) is 1.46. The zero-order chi connectivity index (χ0) is 11.7. The van der Waals surface area contributed by atoms with E-state index in [9.17, 15) is 0 Å². The first kappa shape index (κ1) is 12.1. The van der Waals surface area contributed by atoms with Crippen molar-refractivity contribution in [1.29, 1.82) is 0 Å². The van der Waals surface area contributed by atoms with Crippen LogP contribution in [0.2, 0.25) is 5.02 Å². The van der Waals surface area contributed by atoms with E-state index in [0.29, 0.717) is 0 Å². The van der Waals surface area contributed by atoms with Crippen molar-refractivity contribution in [2.75, 3.05) is 0 Å². The predicted molar refractivity (Wildman–Crippen MR) is 74.2 cm³/mol. The minimum absolute atomic E-state index is 0.102. The number of hydrogen-bond donors (Lipinski definition) is 1. The van der Waals surface area contributed by atoms with Crippen molar-refractivity contribution in [3.05, 3.63) is 55.1 Å². The van der Waals surface area contributed by atoms with Crippen molar-refractivity contribution in [1.82, 2.24) is 0 Å². The van der Waals surface area contributed by atoms with Crippen molar-refractivity contribution < 1.29 is 0 Å². The highest BCUT2D eigenvalue weighted by atomic mass is 79.9. The van der Waals surface area contributed by atoms with Crippen molar-refractivity contribution in [2.45, 2.75) is 13.0 Å². The monoisotopic (exact) mass is 315 g/mol. The van der Waals surface area contributed by atoms with Gasteiger partial charge in [-0.1, -0.05) is 23.7 Å². The summed E-state index contributed by atoms with van der Waals surface area (Å²) in [5.41, 5.74) is 8.30. The molecule has 84 valence electrons. The van der Waals surface area contributed by atoms with Gasteiger partial charge >= 0.3 is 0 Å². The van der Waals surface area contributed by atoms with Gasteiger partial charge in [0, 0.05) is 19.8 Å². The van der Waals surface area contributed by atoms with Gasteiger partial charge in [-0.15, -0.1) is 11.3 Å². The Balaban J connectivity index is 2.33. The first-order chi connectivity index (χ1) is 7.58. The Morgan fingerprint density at radius 2 is 2.12 bits per heavy atom. The smallest absolute Gasteiger partial charge is 0.0646 e. The van der Waals surface area contributed by atoms with E-state index in [4.69, 9.17) is 17.3 Å². The summed E-state index contributed by atoms with van der Waals surface area (Å²) >= 11 is 11.2. The van der Waals surface area contributed by atoms with Crippen LogP contribution in [0.3, 0.4) is 0 Å². The second-order valence-electron chi connectivity index (χ2n) is 3.65. The summed E-state index contributed by atoms with van der Waals surface area (Å²) in [6.07, 6.45) is 0. The molecule has 2 N–H and O–H groups in total. The molecule has 0 saturated heterocycles. The topological polar surface area (TPSA) is 26.0 Å². The van der Waals surface area contributed by atoms with Crippen molar-refractivity contribution in [2.24, 2.45) is 5.73 Å². The Morgan fingerprint density at radius 1 is 1.38 bits per heavy atom. The minimum atomic E-state index is -0.102. The number of thiophene rings is 1. The molecule has 0 amide bonds. The summed E-state index contributed by atoms with van der Waals surface area (Å²) < 4.78 is 1.07. The van der Waals surface area contributed by atoms with Gasteiger partial charge in [0.05, 0.1) is 6.04 Å². The number of benzene rings is 1. The molecule has 4 heteroatoms. The molecule has 0 saturated carbocycles. The molecular formula is C12H11BrClNS. The molecule has 1 heterocycles. The van der Waals surface area contributed by atoms with E-state index >= 15 is 0 Å². The van der Waals surface area contributed by atoms with Gasteiger partial charge < -0.3 is 5.73 Å². The highest BCUT2D eigenvalue weighted by Gasteiger charge is 2.12. The van der Waals surface area contributed by atoms with Gasteiger partial charge in [-0.05, 0) is 46.1 Å². The third kappa shape index (κ3) is 2.48. The fourth-order valence-corrected chi connectivity index (χ4v) is 3.12. The molecule has 0 bridgehead atoms. The van der Waals surface area contributed by atoms with Crippen LogP contribution in [0.5, 0.6) is 0 Å². The quantitative estimate of drug-likeness (QED) is 0.866. The molecule has 16 heavy (non-hydrogen) atoms. The maximum absolute atomic E-state index is 6.18. The van der Waals surface area contributed by atoms with Gasteiger partial charge in [-0.3, -0.25) is 0 Å². The standard InChI is InChI=1S/C12H11BrClNS/c1-7-2-3-8(4-10(7)14)12(15)11-5-9(13)6-16-11/h2-6,12H,15H2,1H3. The highest BCUT2D eigenvalue weighted by Crippen LogP contribution is 2.30. The van der Waals surface area contributed by atoms with Crippen LogP contribution in [-0.4, -0.2) is 0 Å². The third-order valence-corrected chi connectivity index (χ3v) is 4.63.